The molecule has 0 heterocycles. The van der Waals surface area contributed by atoms with Crippen molar-refractivity contribution in [1.82, 2.24) is 0 Å². The normalized spacial score (nSPS) is 11.9. The molecule has 5 nitrogen and oxygen atoms in total. The van der Waals surface area contributed by atoms with Crippen molar-refractivity contribution >= 4 is 17.6 Å². The molecule has 1 amide bonds. The summed E-state index contributed by atoms with van der Waals surface area (Å²) in [5.74, 6) is -1.44. The Morgan fingerprint density at radius 3 is 2.65 bits per heavy atom. The summed E-state index contributed by atoms with van der Waals surface area (Å²) in [6.45, 7) is 1.93. The third kappa shape index (κ3) is 3.57. The van der Waals surface area contributed by atoms with Crippen LogP contribution in [-0.4, -0.2) is 23.0 Å². The number of nitrogens with two attached hydrogens (primary N) is 1. The van der Waals surface area contributed by atoms with Crippen LogP contribution in [-0.2, 0) is 4.79 Å². The molecular weight excluding hydrogens is 220 g/mol. The van der Waals surface area contributed by atoms with Gasteiger partial charge in [-0.3, -0.25) is 4.79 Å². The highest BCUT2D eigenvalue weighted by Gasteiger charge is 2.15. The van der Waals surface area contributed by atoms with Crippen LogP contribution in [0.15, 0.2) is 24.3 Å². The number of hydrogen-bond acceptors (Lipinski definition) is 3. The zero-order valence-electron chi connectivity index (χ0n) is 9.64. The van der Waals surface area contributed by atoms with Crippen LogP contribution in [0.4, 0.5) is 5.69 Å². The molecule has 5 heteroatoms. The number of carbonyl (C=O) groups is 2. The summed E-state index contributed by atoms with van der Waals surface area (Å²) in [7, 11) is 0. The molecule has 0 saturated carbocycles. The van der Waals surface area contributed by atoms with E-state index in [0.29, 0.717) is 6.42 Å². The first-order valence-electron chi connectivity index (χ1n) is 5.45. The number of amides is 1. The number of rotatable bonds is 5. The zero-order valence-corrected chi connectivity index (χ0v) is 9.64. The Bertz CT molecular complexity index is 418. The van der Waals surface area contributed by atoms with Crippen molar-refractivity contribution in [2.45, 2.75) is 25.8 Å². The fraction of sp³-hybridized carbons (Fsp3) is 0.333. The maximum absolute atomic E-state index is 11.6. The molecule has 0 radical (unpaired) electrons. The standard InChI is InChI=1S/C12H16N2O3/c1-2-5-9(13)11(15)14-10-7-4-3-6-8(10)12(16)17/h3-4,6-7,9H,2,5,13H2,1H3,(H,14,15)(H,16,17)/t9-/m0/s1. The van der Waals surface area contributed by atoms with Gasteiger partial charge >= 0.3 is 5.97 Å². The highest BCUT2D eigenvalue weighted by Crippen LogP contribution is 2.15. The Labute approximate surface area is 99.6 Å². The summed E-state index contributed by atoms with van der Waals surface area (Å²) in [5.41, 5.74) is 5.98. The maximum atomic E-state index is 11.6. The predicted octanol–water partition coefficient (Wildman–Crippen LogP) is 1.45. The Morgan fingerprint density at radius 2 is 2.06 bits per heavy atom. The Balaban J connectivity index is 2.81. The number of carboxylic acids is 1. The molecule has 0 spiro atoms. The Kier molecular flexibility index (Phi) is 4.66. The van der Waals surface area contributed by atoms with Gasteiger partial charge in [0.25, 0.3) is 0 Å². The topological polar surface area (TPSA) is 92.4 Å². The van der Waals surface area contributed by atoms with Gasteiger partial charge in [-0.2, -0.15) is 0 Å². The first-order valence-corrected chi connectivity index (χ1v) is 5.45. The summed E-state index contributed by atoms with van der Waals surface area (Å²) in [4.78, 5) is 22.6. The van der Waals surface area contributed by atoms with Crippen LogP contribution in [0, 0.1) is 0 Å². The number of anilines is 1. The number of hydrogen-bond donors (Lipinski definition) is 3. The van der Waals surface area contributed by atoms with E-state index in [9.17, 15) is 9.59 Å². The fourth-order valence-corrected chi connectivity index (χ4v) is 1.45. The highest BCUT2D eigenvalue weighted by atomic mass is 16.4. The SMILES string of the molecule is CCC[C@H](N)C(=O)Nc1ccccc1C(=O)O. The van der Waals surface area contributed by atoms with Crippen molar-refractivity contribution in [2.75, 3.05) is 5.32 Å². The van der Waals surface area contributed by atoms with E-state index in [-0.39, 0.29) is 17.2 Å². The Morgan fingerprint density at radius 1 is 1.41 bits per heavy atom. The summed E-state index contributed by atoms with van der Waals surface area (Å²) >= 11 is 0. The summed E-state index contributed by atoms with van der Waals surface area (Å²) in [5, 5.41) is 11.5. The molecule has 17 heavy (non-hydrogen) atoms. The van der Waals surface area contributed by atoms with Gasteiger partial charge in [0.1, 0.15) is 0 Å². The molecule has 0 aliphatic heterocycles. The minimum atomic E-state index is -1.08. The van der Waals surface area contributed by atoms with Gasteiger partial charge < -0.3 is 16.2 Å². The Hall–Kier alpha value is -1.88. The summed E-state index contributed by atoms with van der Waals surface area (Å²) in [6, 6.07) is 5.63. The molecule has 0 bridgehead atoms. The number of carboxylic acid groups (broad SMARTS) is 1. The third-order valence-electron chi connectivity index (χ3n) is 2.35. The lowest BCUT2D eigenvalue weighted by Crippen LogP contribution is -2.35. The van der Waals surface area contributed by atoms with E-state index < -0.39 is 12.0 Å². The molecule has 1 aromatic carbocycles. The number of aromatic carboxylic acids is 1. The molecule has 92 valence electrons. The van der Waals surface area contributed by atoms with Crippen molar-refractivity contribution in [3.63, 3.8) is 0 Å². The van der Waals surface area contributed by atoms with Gasteiger partial charge in [0, 0.05) is 0 Å². The molecular formula is C12H16N2O3. The average Bonchev–Trinajstić information content (AvgIpc) is 2.29. The molecule has 4 N–H and O–H groups in total. The van der Waals surface area contributed by atoms with Gasteiger partial charge in [0.15, 0.2) is 0 Å². The van der Waals surface area contributed by atoms with E-state index in [1.165, 1.54) is 6.07 Å². The van der Waals surface area contributed by atoms with Crippen LogP contribution in [0.3, 0.4) is 0 Å². The van der Waals surface area contributed by atoms with E-state index >= 15 is 0 Å². The smallest absolute Gasteiger partial charge is 0.337 e. The third-order valence-corrected chi connectivity index (χ3v) is 2.35. The molecule has 1 atom stereocenters. The van der Waals surface area contributed by atoms with Crippen LogP contribution < -0.4 is 11.1 Å². The monoisotopic (exact) mass is 236 g/mol. The highest BCUT2D eigenvalue weighted by molar-refractivity contribution is 6.02. The van der Waals surface area contributed by atoms with E-state index in [0.717, 1.165) is 6.42 Å². The number of para-hydroxylation sites is 1. The van der Waals surface area contributed by atoms with Crippen LogP contribution in [0.1, 0.15) is 30.1 Å². The van der Waals surface area contributed by atoms with Gasteiger partial charge in [-0.15, -0.1) is 0 Å². The zero-order chi connectivity index (χ0) is 12.8. The number of benzene rings is 1. The van der Waals surface area contributed by atoms with Crippen molar-refractivity contribution in [3.05, 3.63) is 29.8 Å². The molecule has 1 rings (SSSR count). The first-order chi connectivity index (χ1) is 8.06. The largest absolute Gasteiger partial charge is 0.478 e. The van der Waals surface area contributed by atoms with E-state index in [1.54, 1.807) is 18.2 Å². The molecule has 0 unspecified atom stereocenters. The molecule has 0 fully saturated rings. The van der Waals surface area contributed by atoms with Crippen LogP contribution in [0.25, 0.3) is 0 Å². The lowest BCUT2D eigenvalue weighted by atomic mass is 10.1. The van der Waals surface area contributed by atoms with Gasteiger partial charge in [0.05, 0.1) is 17.3 Å². The summed E-state index contributed by atoms with van der Waals surface area (Å²) in [6.07, 6.45) is 1.37. The minimum absolute atomic E-state index is 0.0598. The molecule has 0 aliphatic carbocycles. The summed E-state index contributed by atoms with van der Waals surface area (Å²) < 4.78 is 0. The van der Waals surface area contributed by atoms with Gasteiger partial charge in [-0.1, -0.05) is 25.5 Å². The second-order valence-electron chi connectivity index (χ2n) is 3.74. The fourth-order valence-electron chi connectivity index (χ4n) is 1.45. The molecule has 1 aromatic rings. The van der Waals surface area contributed by atoms with Crippen molar-refractivity contribution < 1.29 is 14.7 Å². The van der Waals surface area contributed by atoms with Crippen LogP contribution in [0.5, 0.6) is 0 Å². The van der Waals surface area contributed by atoms with Crippen LogP contribution >= 0.6 is 0 Å². The van der Waals surface area contributed by atoms with Crippen molar-refractivity contribution in [2.24, 2.45) is 5.73 Å². The lowest BCUT2D eigenvalue weighted by molar-refractivity contribution is -0.117. The second kappa shape index (κ2) is 6.00. The predicted molar refractivity (Wildman–Crippen MR) is 64.9 cm³/mol. The van der Waals surface area contributed by atoms with E-state index in [2.05, 4.69) is 5.32 Å². The second-order valence-corrected chi connectivity index (χ2v) is 3.74. The maximum Gasteiger partial charge on any atom is 0.337 e. The first kappa shape index (κ1) is 13.2. The lowest BCUT2D eigenvalue weighted by Gasteiger charge is -2.12. The van der Waals surface area contributed by atoms with E-state index in [1.807, 2.05) is 6.92 Å². The van der Waals surface area contributed by atoms with Crippen molar-refractivity contribution in [1.29, 1.82) is 0 Å². The van der Waals surface area contributed by atoms with Gasteiger partial charge in [0.2, 0.25) is 5.91 Å². The molecule has 0 saturated heterocycles. The quantitative estimate of drug-likeness (QED) is 0.721. The average molecular weight is 236 g/mol. The van der Waals surface area contributed by atoms with Gasteiger partial charge in [-0.05, 0) is 18.6 Å². The van der Waals surface area contributed by atoms with E-state index in [4.69, 9.17) is 10.8 Å². The number of carbonyl (C=O) groups excluding carboxylic acids is 1. The minimum Gasteiger partial charge on any atom is -0.478 e. The molecule has 0 aliphatic rings. The van der Waals surface area contributed by atoms with Crippen molar-refractivity contribution in [3.8, 4) is 0 Å². The molecule has 0 aromatic heterocycles. The van der Waals surface area contributed by atoms with Crippen LogP contribution in [0.2, 0.25) is 0 Å². The number of nitrogens with one attached hydrogen (secondary N) is 1. The van der Waals surface area contributed by atoms with Gasteiger partial charge in [-0.25, -0.2) is 4.79 Å².